The number of aromatic nitrogens is 4. The van der Waals surface area contributed by atoms with Crippen LogP contribution in [0.3, 0.4) is 0 Å². The third-order valence-electron chi connectivity index (χ3n) is 2.56. The number of nitrogen functional groups attached to an aromatic ring is 1. The van der Waals surface area contributed by atoms with Gasteiger partial charge in [0, 0.05) is 0 Å². The lowest BCUT2D eigenvalue weighted by atomic mass is 10.1. The lowest BCUT2D eigenvalue weighted by molar-refractivity contribution is 0.102. The Hall–Kier alpha value is -1.48. The molecule has 0 radical (unpaired) electrons. The van der Waals surface area contributed by atoms with Crippen molar-refractivity contribution in [2.45, 2.75) is 19.8 Å². The molecule has 7 nitrogen and oxygen atoms in total. The fourth-order valence-electron chi connectivity index (χ4n) is 1.57. The number of rotatable bonds is 3. The zero-order chi connectivity index (χ0) is 14.9. The molecule has 0 spiro atoms. The Morgan fingerprint density at radius 3 is 2.70 bits per heavy atom. The minimum Gasteiger partial charge on any atom is -0.395 e. The van der Waals surface area contributed by atoms with E-state index < -0.39 is 5.91 Å². The minimum absolute atomic E-state index is 0.144. The average Bonchev–Trinajstić information content (AvgIpc) is 2.74. The normalized spacial score (nSPS) is 10.8. The molecule has 0 aliphatic heterocycles. The van der Waals surface area contributed by atoms with Crippen LogP contribution in [0.25, 0.3) is 0 Å². The number of hydrogen-bond acceptors (Lipinski definition) is 5. The summed E-state index contributed by atoms with van der Waals surface area (Å²) >= 11 is 6.40. The van der Waals surface area contributed by atoms with E-state index in [9.17, 15) is 4.79 Å². The molecular formula is C11H12Br2N6O. The van der Waals surface area contributed by atoms with E-state index in [1.807, 2.05) is 13.8 Å². The molecule has 0 unspecified atom stereocenters. The molecule has 0 aromatic carbocycles. The Bertz CT molecular complexity index is 654. The summed E-state index contributed by atoms with van der Waals surface area (Å²) in [4.78, 5) is 20.3. The van der Waals surface area contributed by atoms with Crippen molar-refractivity contribution in [2.24, 2.45) is 0 Å². The van der Waals surface area contributed by atoms with Crippen molar-refractivity contribution in [2.75, 3.05) is 11.1 Å². The van der Waals surface area contributed by atoms with E-state index in [2.05, 4.69) is 57.3 Å². The van der Waals surface area contributed by atoms with Gasteiger partial charge in [-0.3, -0.25) is 9.89 Å². The highest BCUT2D eigenvalue weighted by Gasteiger charge is 2.20. The zero-order valence-corrected chi connectivity index (χ0v) is 13.9. The summed E-state index contributed by atoms with van der Waals surface area (Å²) < 4.78 is 0.974. The number of nitrogens with zero attached hydrogens (tertiary/aromatic N) is 3. The van der Waals surface area contributed by atoms with Crippen molar-refractivity contribution in [3.05, 3.63) is 26.8 Å². The van der Waals surface area contributed by atoms with E-state index in [1.54, 1.807) is 0 Å². The number of nitrogens with two attached hydrogens (primary N) is 1. The van der Waals surface area contributed by atoms with Crippen molar-refractivity contribution < 1.29 is 4.79 Å². The van der Waals surface area contributed by atoms with Crippen LogP contribution in [-0.2, 0) is 0 Å². The number of aromatic amines is 1. The van der Waals surface area contributed by atoms with Gasteiger partial charge in [0.15, 0.2) is 11.5 Å². The van der Waals surface area contributed by atoms with E-state index in [1.165, 1.54) is 6.20 Å². The van der Waals surface area contributed by atoms with E-state index in [0.29, 0.717) is 20.7 Å². The van der Waals surface area contributed by atoms with Crippen molar-refractivity contribution >= 4 is 49.3 Å². The van der Waals surface area contributed by atoms with Crippen molar-refractivity contribution in [1.29, 1.82) is 0 Å². The predicted octanol–water partition coefficient (Wildman–Crippen LogP) is 2.68. The SMILES string of the molecule is CC(C)c1[nH]nc(C(=O)Nc2ncc(Br)nc2Br)c1N. The summed E-state index contributed by atoms with van der Waals surface area (Å²) in [6.45, 7) is 3.92. The molecule has 2 heterocycles. The summed E-state index contributed by atoms with van der Waals surface area (Å²) in [6.07, 6.45) is 1.48. The Morgan fingerprint density at radius 2 is 2.15 bits per heavy atom. The summed E-state index contributed by atoms with van der Waals surface area (Å²) in [6, 6.07) is 0. The Kier molecular flexibility index (Phi) is 4.39. The molecule has 0 fully saturated rings. The van der Waals surface area contributed by atoms with Crippen LogP contribution in [0.2, 0.25) is 0 Å². The van der Waals surface area contributed by atoms with Crippen LogP contribution >= 0.6 is 31.9 Å². The lowest BCUT2D eigenvalue weighted by Crippen LogP contribution is -2.16. The van der Waals surface area contributed by atoms with Gasteiger partial charge in [-0.25, -0.2) is 9.97 Å². The molecule has 2 aromatic rings. The molecule has 1 amide bonds. The second-order valence-corrected chi connectivity index (χ2v) is 5.90. The number of anilines is 2. The molecular weight excluding hydrogens is 392 g/mol. The fraction of sp³-hybridized carbons (Fsp3) is 0.273. The second-order valence-electron chi connectivity index (χ2n) is 4.34. The average molecular weight is 404 g/mol. The van der Waals surface area contributed by atoms with Gasteiger partial charge < -0.3 is 11.1 Å². The van der Waals surface area contributed by atoms with Gasteiger partial charge >= 0.3 is 0 Å². The first-order valence-corrected chi connectivity index (χ1v) is 7.32. The van der Waals surface area contributed by atoms with Gasteiger partial charge in [-0.1, -0.05) is 13.8 Å². The van der Waals surface area contributed by atoms with Gasteiger partial charge in [0.25, 0.3) is 5.91 Å². The third-order valence-corrected chi connectivity index (χ3v) is 3.49. The first kappa shape index (κ1) is 14.9. The number of H-pyrrole nitrogens is 1. The molecule has 4 N–H and O–H groups in total. The van der Waals surface area contributed by atoms with Gasteiger partial charge in [0.2, 0.25) is 0 Å². The van der Waals surface area contributed by atoms with Crippen LogP contribution in [0.5, 0.6) is 0 Å². The molecule has 0 bridgehead atoms. The van der Waals surface area contributed by atoms with Crippen molar-refractivity contribution in [1.82, 2.24) is 20.2 Å². The number of hydrogen-bond donors (Lipinski definition) is 3. The monoisotopic (exact) mass is 402 g/mol. The number of halogens is 2. The van der Waals surface area contributed by atoms with Crippen molar-refractivity contribution in [3.63, 3.8) is 0 Å². The van der Waals surface area contributed by atoms with Gasteiger partial charge in [-0.15, -0.1) is 0 Å². The fourth-order valence-corrected chi connectivity index (χ4v) is 2.48. The standard InChI is InChI=1S/C11H12Br2N6O/c1-4(2)7-6(14)8(19-18-7)11(20)17-10-9(13)16-5(12)3-15-10/h3-4H,14H2,1-2H3,(H,18,19)(H,15,17,20). The molecule has 2 rings (SSSR count). The van der Waals surface area contributed by atoms with Crippen LogP contribution in [0, 0.1) is 0 Å². The Labute approximate surface area is 132 Å². The number of nitrogens with one attached hydrogen (secondary N) is 2. The van der Waals surface area contributed by atoms with Gasteiger partial charge in [0.05, 0.1) is 17.6 Å². The summed E-state index contributed by atoms with van der Waals surface area (Å²) in [5, 5.41) is 9.32. The highest BCUT2D eigenvalue weighted by Crippen LogP contribution is 2.24. The van der Waals surface area contributed by atoms with E-state index in [0.717, 1.165) is 5.69 Å². The maximum Gasteiger partial charge on any atom is 0.279 e. The van der Waals surface area contributed by atoms with E-state index >= 15 is 0 Å². The highest BCUT2D eigenvalue weighted by atomic mass is 79.9. The quantitative estimate of drug-likeness (QED) is 0.729. The highest BCUT2D eigenvalue weighted by molar-refractivity contribution is 9.11. The molecule has 0 aliphatic carbocycles. The molecule has 2 aromatic heterocycles. The lowest BCUT2D eigenvalue weighted by Gasteiger charge is -2.05. The van der Waals surface area contributed by atoms with E-state index in [4.69, 9.17) is 5.73 Å². The molecule has 106 valence electrons. The topological polar surface area (TPSA) is 110 Å². The molecule has 0 atom stereocenters. The summed E-state index contributed by atoms with van der Waals surface area (Å²) in [5.41, 5.74) is 7.13. The Balaban J connectivity index is 2.24. The van der Waals surface area contributed by atoms with Crippen LogP contribution in [-0.4, -0.2) is 26.1 Å². The maximum atomic E-state index is 12.1. The molecule has 0 saturated carbocycles. The zero-order valence-electron chi connectivity index (χ0n) is 10.7. The first-order chi connectivity index (χ1) is 9.40. The number of carbonyl (C=O) groups is 1. The largest absolute Gasteiger partial charge is 0.395 e. The van der Waals surface area contributed by atoms with Crippen LogP contribution in [0.4, 0.5) is 11.5 Å². The summed E-state index contributed by atoms with van der Waals surface area (Å²) in [5.74, 6) is 0.0120. The van der Waals surface area contributed by atoms with Crippen LogP contribution in [0.15, 0.2) is 15.4 Å². The number of carbonyl (C=O) groups excluding carboxylic acids is 1. The summed E-state index contributed by atoms with van der Waals surface area (Å²) in [7, 11) is 0. The molecule has 9 heteroatoms. The third kappa shape index (κ3) is 2.98. The second kappa shape index (κ2) is 5.88. The predicted molar refractivity (Wildman–Crippen MR) is 82.5 cm³/mol. The molecule has 0 aliphatic rings. The van der Waals surface area contributed by atoms with Crippen molar-refractivity contribution in [3.8, 4) is 0 Å². The van der Waals surface area contributed by atoms with Gasteiger partial charge in [-0.2, -0.15) is 5.10 Å². The smallest absolute Gasteiger partial charge is 0.279 e. The van der Waals surface area contributed by atoms with Gasteiger partial charge in [0.1, 0.15) is 9.21 Å². The minimum atomic E-state index is -0.442. The van der Waals surface area contributed by atoms with Crippen LogP contribution in [0.1, 0.15) is 35.9 Å². The maximum absolute atomic E-state index is 12.1. The van der Waals surface area contributed by atoms with E-state index in [-0.39, 0.29) is 11.6 Å². The Morgan fingerprint density at radius 1 is 1.45 bits per heavy atom. The van der Waals surface area contributed by atoms with Gasteiger partial charge in [-0.05, 0) is 37.8 Å². The van der Waals surface area contributed by atoms with Crippen LogP contribution < -0.4 is 11.1 Å². The molecule has 0 saturated heterocycles. The number of amides is 1. The first-order valence-electron chi connectivity index (χ1n) is 5.73. The molecule has 20 heavy (non-hydrogen) atoms.